The SMILES string of the molecule is COC(=O)c1cc(-c2ccc(F)cn2)cc(OCC(F)F)c1N. The van der Waals surface area contributed by atoms with Gasteiger partial charge in [-0.05, 0) is 24.3 Å². The number of pyridine rings is 1. The predicted octanol–water partition coefficient (Wildman–Crippen LogP) is 2.90. The van der Waals surface area contributed by atoms with Gasteiger partial charge in [0.25, 0.3) is 6.43 Å². The number of ether oxygens (including phenoxy) is 2. The number of anilines is 1. The zero-order valence-corrected chi connectivity index (χ0v) is 12.1. The van der Waals surface area contributed by atoms with Crippen molar-refractivity contribution in [2.75, 3.05) is 19.5 Å². The molecule has 5 nitrogen and oxygen atoms in total. The molecule has 0 aliphatic rings. The Morgan fingerprint density at radius 1 is 1.35 bits per heavy atom. The lowest BCUT2D eigenvalue weighted by Gasteiger charge is -2.13. The minimum absolute atomic E-state index is 0.0552. The molecule has 1 aromatic heterocycles. The van der Waals surface area contributed by atoms with E-state index in [4.69, 9.17) is 10.5 Å². The van der Waals surface area contributed by atoms with Crippen molar-refractivity contribution in [2.24, 2.45) is 0 Å². The summed E-state index contributed by atoms with van der Waals surface area (Å²) in [6.45, 7) is -0.884. The van der Waals surface area contributed by atoms with Crippen LogP contribution >= 0.6 is 0 Å². The van der Waals surface area contributed by atoms with Gasteiger partial charge in [0.05, 0.1) is 30.3 Å². The molecule has 122 valence electrons. The third-order valence-corrected chi connectivity index (χ3v) is 2.94. The van der Waals surface area contributed by atoms with Crippen molar-refractivity contribution in [1.29, 1.82) is 0 Å². The van der Waals surface area contributed by atoms with Gasteiger partial charge < -0.3 is 15.2 Å². The van der Waals surface area contributed by atoms with Crippen LogP contribution in [0.25, 0.3) is 11.3 Å². The Morgan fingerprint density at radius 3 is 2.65 bits per heavy atom. The number of carbonyl (C=O) groups is 1. The molecular formula is C15H13F3N2O3. The van der Waals surface area contributed by atoms with E-state index in [2.05, 4.69) is 9.72 Å². The molecule has 0 unspecified atom stereocenters. The maximum absolute atomic E-state index is 13.0. The van der Waals surface area contributed by atoms with Crippen molar-refractivity contribution < 1.29 is 27.4 Å². The minimum atomic E-state index is -2.71. The highest BCUT2D eigenvalue weighted by molar-refractivity contribution is 5.98. The van der Waals surface area contributed by atoms with Crippen LogP contribution in [0.5, 0.6) is 5.75 Å². The van der Waals surface area contributed by atoms with E-state index in [0.29, 0.717) is 11.3 Å². The van der Waals surface area contributed by atoms with Gasteiger partial charge >= 0.3 is 5.97 Å². The monoisotopic (exact) mass is 326 g/mol. The molecule has 8 heteroatoms. The first-order chi connectivity index (χ1) is 10.9. The lowest BCUT2D eigenvalue weighted by atomic mass is 10.0. The minimum Gasteiger partial charge on any atom is -0.485 e. The number of carbonyl (C=O) groups excluding carboxylic acids is 1. The van der Waals surface area contributed by atoms with Gasteiger partial charge in [0.15, 0.2) is 0 Å². The van der Waals surface area contributed by atoms with Gasteiger partial charge in [-0.1, -0.05) is 0 Å². The lowest BCUT2D eigenvalue weighted by molar-refractivity contribution is 0.0601. The lowest BCUT2D eigenvalue weighted by Crippen LogP contribution is -2.12. The first kappa shape index (κ1) is 16.6. The summed E-state index contributed by atoms with van der Waals surface area (Å²) in [7, 11) is 1.16. The topological polar surface area (TPSA) is 74.4 Å². The molecule has 0 saturated heterocycles. The van der Waals surface area contributed by atoms with E-state index >= 15 is 0 Å². The number of nitrogens with zero attached hydrogens (tertiary/aromatic N) is 1. The number of nitrogens with two attached hydrogens (primary N) is 1. The molecule has 0 aliphatic heterocycles. The second-order valence-corrected chi connectivity index (χ2v) is 4.49. The molecule has 0 aliphatic carbocycles. The molecule has 0 radical (unpaired) electrons. The normalized spacial score (nSPS) is 10.7. The second kappa shape index (κ2) is 6.99. The van der Waals surface area contributed by atoms with E-state index in [9.17, 15) is 18.0 Å². The predicted molar refractivity (Wildman–Crippen MR) is 76.9 cm³/mol. The van der Waals surface area contributed by atoms with Crippen LogP contribution in [0.3, 0.4) is 0 Å². The van der Waals surface area contributed by atoms with Crippen molar-refractivity contribution in [2.45, 2.75) is 6.43 Å². The third kappa shape index (κ3) is 3.91. The van der Waals surface area contributed by atoms with E-state index in [1.807, 2.05) is 0 Å². The average Bonchev–Trinajstić information content (AvgIpc) is 2.54. The maximum atomic E-state index is 13.0. The summed E-state index contributed by atoms with van der Waals surface area (Å²) in [5.74, 6) is -1.39. The molecule has 0 fully saturated rings. The number of halogens is 3. The molecule has 0 bridgehead atoms. The Labute approximate surface area is 129 Å². The first-order valence-corrected chi connectivity index (χ1v) is 6.47. The van der Waals surface area contributed by atoms with Gasteiger partial charge in [-0.25, -0.2) is 18.0 Å². The van der Waals surface area contributed by atoms with E-state index in [1.54, 1.807) is 0 Å². The van der Waals surface area contributed by atoms with Crippen LogP contribution in [0.4, 0.5) is 18.9 Å². The summed E-state index contributed by atoms with van der Waals surface area (Å²) in [6.07, 6.45) is -1.72. The fourth-order valence-corrected chi connectivity index (χ4v) is 1.87. The van der Waals surface area contributed by atoms with Crippen LogP contribution in [0.1, 0.15) is 10.4 Å². The Morgan fingerprint density at radius 2 is 2.09 bits per heavy atom. The molecule has 0 saturated carbocycles. The summed E-state index contributed by atoms with van der Waals surface area (Å²) in [6, 6.07) is 5.27. The first-order valence-electron chi connectivity index (χ1n) is 6.47. The molecule has 0 spiro atoms. The number of hydrogen-bond donors (Lipinski definition) is 1. The molecule has 2 aromatic rings. The summed E-state index contributed by atoms with van der Waals surface area (Å²) >= 11 is 0. The van der Waals surface area contributed by atoms with Gasteiger partial charge in [-0.15, -0.1) is 0 Å². The van der Waals surface area contributed by atoms with Crippen molar-refractivity contribution in [3.8, 4) is 17.0 Å². The average molecular weight is 326 g/mol. The second-order valence-electron chi connectivity index (χ2n) is 4.49. The van der Waals surface area contributed by atoms with Crippen molar-refractivity contribution >= 4 is 11.7 Å². The van der Waals surface area contributed by atoms with Gasteiger partial charge in [-0.2, -0.15) is 0 Å². The van der Waals surface area contributed by atoms with Crippen molar-refractivity contribution in [3.05, 3.63) is 41.8 Å². The molecule has 0 amide bonds. The number of alkyl halides is 2. The zero-order valence-electron chi connectivity index (χ0n) is 12.1. The van der Waals surface area contributed by atoms with Crippen molar-refractivity contribution in [1.82, 2.24) is 4.98 Å². The Hall–Kier alpha value is -2.77. The number of benzene rings is 1. The Balaban J connectivity index is 2.51. The van der Waals surface area contributed by atoms with E-state index in [-0.39, 0.29) is 17.0 Å². The molecular weight excluding hydrogens is 313 g/mol. The number of aromatic nitrogens is 1. The summed E-state index contributed by atoms with van der Waals surface area (Å²) in [5, 5.41) is 0. The molecule has 1 aromatic carbocycles. The third-order valence-electron chi connectivity index (χ3n) is 2.94. The largest absolute Gasteiger partial charge is 0.485 e. The quantitative estimate of drug-likeness (QED) is 0.675. The van der Waals surface area contributed by atoms with Crippen LogP contribution in [0.15, 0.2) is 30.5 Å². The summed E-state index contributed by atoms with van der Waals surface area (Å²) in [5.41, 5.74) is 6.26. The molecule has 1 heterocycles. The summed E-state index contributed by atoms with van der Waals surface area (Å²) < 4.78 is 47.2. The van der Waals surface area contributed by atoms with Crippen LogP contribution in [-0.4, -0.2) is 31.1 Å². The highest BCUT2D eigenvalue weighted by atomic mass is 19.3. The Bertz CT molecular complexity index is 706. The van der Waals surface area contributed by atoms with Crippen LogP contribution in [0, 0.1) is 5.82 Å². The maximum Gasteiger partial charge on any atom is 0.340 e. The number of rotatable bonds is 5. The highest BCUT2D eigenvalue weighted by Gasteiger charge is 2.18. The number of nitrogen functional groups attached to an aromatic ring is 1. The van der Waals surface area contributed by atoms with Gasteiger partial charge in [-0.3, -0.25) is 4.98 Å². The fraction of sp³-hybridized carbons (Fsp3) is 0.200. The zero-order chi connectivity index (χ0) is 17.0. The van der Waals surface area contributed by atoms with Crippen LogP contribution < -0.4 is 10.5 Å². The van der Waals surface area contributed by atoms with E-state index in [0.717, 1.165) is 13.3 Å². The molecule has 23 heavy (non-hydrogen) atoms. The van der Waals surface area contributed by atoms with Crippen molar-refractivity contribution in [3.63, 3.8) is 0 Å². The van der Waals surface area contributed by atoms with Gasteiger partial charge in [0.1, 0.15) is 18.2 Å². The number of esters is 1. The van der Waals surface area contributed by atoms with Crippen LogP contribution in [0.2, 0.25) is 0 Å². The Kier molecular flexibility index (Phi) is 5.05. The number of methoxy groups -OCH3 is 1. The molecule has 2 N–H and O–H groups in total. The molecule has 2 rings (SSSR count). The van der Waals surface area contributed by atoms with Gasteiger partial charge in [0.2, 0.25) is 0 Å². The van der Waals surface area contributed by atoms with E-state index < -0.39 is 24.8 Å². The standard InChI is InChI=1S/C15H13F3N2O3/c1-22-15(21)10-4-8(11-3-2-9(16)6-20-11)5-12(14(10)19)23-7-13(17)18/h2-6,13H,7,19H2,1H3. The summed E-state index contributed by atoms with van der Waals surface area (Å²) in [4.78, 5) is 15.6. The van der Waals surface area contributed by atoms with Gasteiger partial charge in [0, 0.05) is 5.56 Å². The highest BCUT2D eigenvalue weighted by Crippen LogP contribution is 2.32. The number of hydrogen-bond acceptors (Lipinski definition) is 5. The smallest absolute Gasteiger partial charge is 0.340 e. The fourth-order valence-electron chi connectivity index (χ4n) is 1.87. The van der Waals surface area contributed by atoms with Crippen LogP contribution in [-0.2, 0) is 4.74 Å². The molecule has 0 atom stereocenters. The van der Waals surface area contributed by atoms with E-state index in [1.165, 1.54) is 24.3 Å².